The minimum absolute atomic E-state index is 0.733. The van der Waals surface area contributed by atoms with Gasteiger partial charge in [-0.2, -0.15) is 0 Å². The summed E-state index contributed by atoms with van der Waals surface area (Å²) < 4.78 is 5.37. The van der Waals surface area contributed by atoms with Crippen LogP contribution in [0.5, 0.6) is 0 Å². The van der Waals surface area contributed by atoms with Gasteiger partial charge in [0.2, 0.25) is 0 Å². The zero-order valence-electron chi connectivity index (χ0n) is 8.02. The quantitative estimate of drug-likeness (QED) is 0.570. The molecule has 0 spiro atoms. The molecule has 0 aliphatic carbocycles. The van der Waals surface area contributed by atoms with Crippen LogP contribution in [0.4, 0.5) is 0 Å². The summed E-state index contributed by atoms with van der Waals surface area (Å²) in [4.78, 5) is 0. The van der Waals surface area contributed by atoms with E-state index in [-0.39, 0.29) is 0 Å². The van der Waals surface area contributed by atoms with Crippen LogP contribution >= 0.6 is 0 Å². The van der Waals surface area contributed by atoms with Crippen LogP contribution in [0.3, 0.4) is 0 Å². The van der Waals surface area contributed by atoms with E-state index in [1.807, 2.05) is 7.05 Å². The van der Waals surface area contributed by atoms with Crippen molar-refractivity contribution >= 4 is 0 Å². The Kier molecular flexibility index (Phi) is 7.96. The van der Waals surface area contributed by atoms with Gasteiger partial charge in [-0.1, -0.05) is 13.8 Å². The average Bonchev–Trinajstić information content (AvgIpc) is 1.99. The third-order valence-corrected chi connectivity index (χ3v) is 1.66. The van der Waals surface area contributed by atoms with Crippen molar-refractivity contribution in [3.8, 4) is 0 Å². The highest BCUT2D eigenvalue weighted by atomic mass is 16.5. The van der Waals surface area contributed by atoms with Gasteiger partial charge >= 0.3 is 0 Å². The Morgan fingerprint density at radius 2 is 2.09 bits per heavy atom. The van der Waals surface area contributed by atoms with E-state index in [1.165, 1.54) is 6.42 Å². The zero-order valence-corrected chi connectivity index (χ0v) is 8.02. The summed E-state index contributed by atoms with van der Waals surface area (Å²) in [6, 6.07) is 0. The topological polar surface area (TPSA) is 21.3 Å². The van der Waals surface area contributed by atoms with E-state index < -0.39 is 0 Å². The Morgan fingerprint density at radius 3 is 2.64 bits per heavy atom. The third kappa shape index (κ3) is 7.82. The standard InChI is InChI=1S/C9H21NO/c1-4-6-11-7-5-9(2)8-10-3/h9-10H,4-8H2,1-3H3. The molecule has 0 radical (unpaired) electrons. The number of hydrogen-bond donors (Lipinski definition) is 1. The number of hydrogen-bond acceptors (Lipinski definition) is 2. The maximum Gasteiger partial charge on any atom is 0.0469 e. The van der Waals surface area contributed by atoms with Crippen LogP contribution < -0.4 is 5.32 Å². The minimum Gasteiger partial charge on any atom is -0.381 e. The molecule has 0 saturated carbocycles. The van der Waals surface area contributed by atoms with Gasteiger partial charge in [0.25, 0.3) is 0 Å². The first-order valence-corrected chi connectivity index (χ1v) is 4.53. The molecule has 0 bridgehead atoms. The van der Waals surface area contributed by atoms with Crippen molar-refractivity contribution in [2.24, 2.45) is 5.92 Å². The highest BCUT2D eigenvalue weighted by molar-refractivity contribution is 4.53. The Bertz CT molecular complexity index is 76.0. The molecular formula is C9H21NO. The van der Waals surface area contributed by atoms with Crippen LogP contribution in [-0.4, -0.2) is 26.8 Å². The molecule has 1 unspecified atom stereocenters. The predicted molar refractivity (Wildman–Crippen MR) is 48.8 cm³/mol. The van der Waals surface area contributed by atoms with Crippen molar-refractivity contribution in [3.63, 3.8) is 0 Å². The predicted octanol–water partition coefficient (Wildman–Crippen LogP) is 1.66. The molecule has 0 aliphatic heterocycles. The van der Waals surface area contributed by atoms with Crippen molar-refractivity contribution in [3.05, 3.63) is 0 Å². The highest BCUT2D eigenvalue weighted by Crippen LogP contribution is 1.99. The smallest absolute Gasteiger partial charge is 0.0469 e. The van der Waals surface area contributed by atoms with Crippen molar-refractivity contribution in [1.82, 2.24) is 5.32 Å². The molecule has 1 N–H and O–H groups in total. The molecule has 1 atom stereocenters. The van der Waals surface area contributed by atoms with E-state index in [4.69, 9.17) is 4.74 Å². The van der Waals surface area contributed by atoms with Gasteiger partial charge in [0, 0.05) is 13.2 Å². The second-order valence-electron chi connectivity index (χ2n) is 3.06. The second kappa shape index (κ2) is 8.02. The fraction of sp³-hybridized carbons (Fsp3) is 1.00. The summed E-state index contributed by atoms with van der Waals surface area (Å²) in [6.07, 6.45) is 2.29. The van der Waals surface area contributed by atoms with E-state index in [0.717, 1.165) is 32.1 Å². The third-order valence-electron chi connectivity index (χ3n) is 1.66. The average molecular weight is 159 g/mol. The number of ether oxygens (including phenoxy) is 1. The molecular weight excluding hydrogens is 138 g/mol. The van der Waals surface area contributed by atoms with Crippen LogP contribution in [0.2, 0.25) is 0 Å². The lowest BCUT2D eigenvalue weighted by Crippen LogP contribution is -2.17. The lowest BCUT2D eigenvalue weighted by molar-refractivity contribution is 0.122. The van der Waals surface area contributed by atoms with E-state index in [2.05, 4.69) is 19.2 Å². The molecule has 0 saturated heterocycles. The molecule has 0 amide bonds. The molecule has 2 heteroatoms. The Labute approximate surface area is 70.3 Å². The van der Waals surface area contributed by atoms with Gasteiger partial charge in [-0.25, -0.2) is 0 Å². The fourth-order valence-electron chi connectivity index (χ4n) is 0.981. The summed E-state index contributed by atoms with van der Waals surface area (Å²) in [7, 11) is 1.99. The van der Waals surface area contributed by atoms with Crippen LogP contribution in [0.1, 0.15) is 26.7 Å². The largest absolute Gasteiger partial charge is 0.381 e. The summed E-state index contributed by atoms with van der Waals surface area (Å²) in [5.41, 5.74) is 0. The number of rotatable bonds is 7. The van der Waals surface area contributed by atoms with E-state index in [0.29, 0.717) is 0 Å². The van der Waals surface area contributed by atoms with Crippen LogP contribution in [0, 0.1) is 5.92 Å². The highest BCUT2D eigenvalue weighted by Gasteiger charge is 1.98. The van der Waals surface area contributed by atoms with E-state index >= 15 is 0 Å². The molecule has 0 aromatic rings. The molecule has 0 aromatic heterocycles. The van der Waals surface area contributed by atoms with Crippen molar-refractivity contribution in [1.29, 1.82) is 0 Å². The molecule has 0 fully saturated rings. The Morgan fingerprint density at radius 1 is 1.36 bits per heavy atom. The van der Waals surface area contributed by atoms with Gasteiger partial charge in [0.1, 0.15) is 0 Å². The first-order chi connectivity index (χ1) is 5.31. The first-order valence-electron chi connectivity index (χ1n) is 4.53. The summed E-state index contributed by atoms with van der Waals surface area (Å²) in [6.45, 7) is 7.29. The maximum absolute atomic E-state index is 5.37. The van der Waals surface area contributed by atoms with Crippen molar-refractivity contribution < 1.29 is 4.74 Å². The molecule has 11 heavy (non-hydrogen) atoms. The molecule has 0 heterocycles. The lowest BCUT2D eigenvalue weighted by atomic mass is 10.1. The van der Waals surface area contributed by atoms with Gasteiger partial charge in [0.15, 0.2) is 0 Å². The van der Waals surface area contributed by atoms with Gasteiger partial charge < -0.3 is 10.1 Å². The maximum atomic E-state index is 5.37. The second-order valence-corrected chi connectivity index (χ2v) is 3.06. The van der Waals surface area contributed by atoms with Crippen molar-refractivity contribution in [2.75, 3.05) is 26.8 Å². The zero-order chi connectivity index (χ0) is 8.53. The van der Waals surface area contributed by atoms with Crippen LogP contribution in [0.25, 0.3) is 0 Å². The summed E-state index contributed by atoms with van der Waals surface area (Å²) in [5, 5.41) is 3.15. The van der Waals surface area contributed by atoms with Crippen LogP contribution in [-0.2, 0) is 4.74 Å². The van der Waals surface area contributed by atoms with Gasteiger partial charge in [-0.3, -0.25) is 0 Å². The van der Waals surface area contributed by atoms with Gasteiger partial charge in [-0.05, 0) is 32.4 Å². The van der Waals surface area contributed by atoms with Crippen LogP contribution in [0.15, 0.2) is 0 Å². The lowest BCUT2D eigenvalue weighted by Gasteiger charge is -2.09. The van der Waals surface area contributed by atoms with Crippen molar-refractivity contribution in [2.45, 2.75) is 26.7 Å². The van der Waals surface area contributed by atoms with Gasteiger partial charge in [0.05, 0.1) is 0 Å². The molecule has 0 rings (SSSR count). The fourth-order valence-corrected chi connectivity index (χ4v) is 0.981. The molecule has 68 valence electrons. The molecule has 0 aliphatic rings. The van der Waals surface area contributed by atoms with E-state index in [9.17, 15) is 0 Å². The van der Waals surface area contributed by atoms with Gasteiger partial charge in [-0.15, -0.1) is 0 Å². The SMILES string of the molecule is CCCOCCC(C)CNC. The summed E-state index contributed by atoms with van der Waals surface area (Å²) >= 11 is 0. The first kappa shape index (κ1) is 10.9. The Balaban J connectivity index is 2.97. The normalized spacial score (nSPS) is 13.4. The summed E-state index contributed by atoms with van der Waals surface area (Å²) in [5.74, 6) is 0.733. The monoisotopic (exact) mass is 159 g/mol. The Hall–Kier alpha value is -0.0800. The number of nitrogens with one attached hydrogen (secondary N) is 1. The van der Waals surface area contributed by atoms with E-state index in [1.54, 1.807) is 0 Å². The molecule has 0 aromatic carbocycles. The minimum atomic E-state index is 0.733. The molecule has 2 nitrogen and oxygen atoms in total.